The number of carbonyl (C=O) groups is 1. The second-order valence-electron chi connectivity index (χ2n) is 3.78. The molecular weight excluding hydrogens is 294 g/mol. The zero-order valence-electron chi connectivity index (χ0n) is 10.3. The maximum atomic E-state index is 12.2. The normalized spacial score (nSPS) is 13.8. The molecule has 0 radical (unpaired) electrons. The number of sulfonamides is 1. The Kier molecular flexibility index (Phi) is 5.20. The topological polar surface area (TPSA) is 74.7 Å². The van der Waals surface area contributed by atoms with Crippen LogP contribution in [-0.2, 0) is 10.0 Å². The molecule has 1 unspecified atom stereocenters. The van der Waals surface area contributed by atoms with Gasteiger partial charge in [0.1, 0.15) is 4.88 Å². The molecule has 0 fully saturated rings. The molecule has 0 aliphatic carbocycles. The number of carboxylic acid groups (broad SMARTS) is 1. The van der Waals surface area contributed by atoms with Crippen molar-refractivity contribution in [2.24, 2.45) is 0 Å². The predicted molar refractivity (Wildman–Crippen MR) is 74.1 cm³/mol. The fraction of sp³-hybridized carbons (Fsp3) is 0.500. The van der Waals surface area contributed by atoms with Crippen LogP contribution >= 0.6 is 23.1 Å². The number of aromatic carboxylic acids is 1. The minimum absolute atomic E-state index is 0.0273. The van der Waals surface area contributed by atoms with E-state index in [1.165, 1.54) is 22.8 Å². The second kappa shape index (κ2) is 6.05. The SMILES string of the molecule is CSCC(C)N(C)S(=O)(=O)c1csc(C(=O)O)c1. The van der Waals surface area contributed by atoms with Crippen LogP contribution in [0.4, 0.5) is 0 Å². The lowest BCUT2D eigenvalue weighted by Gasteiger charge is -2.22. The van der Waals surface area contributed by atoms with Gasteiger partial charge in [0.05, 0.1) is 4.90 Å². The third-order valence-electron chi connectivity index (χ3n) is 2.49. The van der Waals surface area contributed by atoms with Crippen LogP contribution in [0.2, 0.25) is 0 Å². The lowest BCUT2D eigenvalue weighted by Crippen LogP contribution is -2.36. The van der Waals surface area contributed by atoms with Crippen molar-refractivity contribution in [2.75, 3.05) is 19.1 Å². The fourth-order valence-electron chi connectivity index (χ4n) is 1.32. The van der Waals surface area contributed by atoms with E-state index < -0.39 is 16.0 Å². The van der Waals surface area contributed by atoms with Crippen LogP contribution in [0, 0.1) is 0 Å². The number of hydrogen-bond donors (Lipinski definition) is 1. The molecule has 1 heterocycles. The Bertz CT molecular complexity index is 523. The first kappa shape index (κ1) is 15.5. The van der Waals surface area contributed by atoms with Crippen molar-refractivity contribution in [3.05, 3.63) is 16.3 Å². The number of carboxylic acids is 1. The first-order chi connectivity index (χ1) is 8.30. The van der Waals surface area contributed by atoms with Gasteiger partial charge in [-0.25, -0.2) is 13.2 Å². The second-order valence-corrected chi connectivity index (χ2v) is 7.60. The van der Waals surface area contributed by atoms with E-state index in [4.69, 9.17) is 5.11 Å². The Labute approximate surface area is 115 Å². The van der Waals surface area contributed by atoms with Crippen molar-refractivity contribution in [3.63, 3.8) is 0 Å². The molecule has 0 saturated carbocycles. The van der Waals surface area contributed by atoms with Gasteiger partial charge in [-0.1, -0.05) is 0 Å². The van der Waals surface area contributed by atoms with Crippen LogP contribution in [-0.4, -0.2) is 48.9 Å². The fourth-order valence-corrected chi connectivity index (χ4v) is 4.58. The molecule has 0 spiro atoms. The van der Waals surface area contributed by atoms with Gasteiger partial charge in [-0.15, -0.1) is 11.3 Å². The van der Waals surface area contributed by atoms with Crippen molar-refractivity contribution in [3.8, 4) is 0 Å². The van der Waals surface area contributed by atoms with Crippen LogP contribution in [0.3, 0.4) is 0 Å². The highest BCUT2D eigenvalue weighted by molar-refractivity contribution is 7.98. The van der Waals surface area contributed by atoms with E-state index >= 15 is 0 Å². The van der Waals surface area contributed by atoms with Gasteiger partial charge in [-0.05, 0) is 19.2 Å². The van der Waals surface area contributed by atoms with Gasteiger partial charge in [0, 0.05) is 24.2 Å². The van der Waals surface area contributed by atoms with Gasteiger partial charge in [-0.2, -0.15) is 16.1 Å². The molecule has 1 aromatic rings. The Balaban J connectivity index is 3.01. The maximum Gasteiger partial charge on any atom is 0.345 e. The number of hydrogen-bond acceptors (Lipinski definition) is 5. The molecule has 1 rings (SSSR count). The average molecular weight is 309 g/mol. The zero-order valence-corrected chi connectivity index (χ0v) is 12.7. The van der Waals surface area contributed by atoms with Gasteiger partial charge < -0.3 is 5.11 Å². The summed E-state index contributed by atoms with van der Waals surface area (Å²) in [4.78, 5) is 10.8. The quantitative estimate of drug-likeness (QED) is 0.867. The molecule has 5 nitrogen and oxygen atoms in total. The lowest BCUT2D eigenvalue weighted by atomic mass is 10.4. The monoisotopic (exact) mass is 309 g/mol. The summed E-state index contributed by atoms with van der Waals surface area (Å²) in [6.07, 6.45) is 1.91. The summed E-state index contributed by atoms with van der Waals surface area (Å²) in [5.41, 5.74) is 0. The molecule has 0 aliphatic rings. The van der Waals surface area contributed by atoms with Crippen LogP contribution < -0.4 is 0 Å². The van der Waals surface area contributed by atoms with E-state index in [1.807, 2.05) is 13.2 Å². The molecular formula is C10H15NO4S3. The Morgan fingerprint density at radius 1 is 1.61 bits per heavy atom. The summed E-state index contributed by atoms with van der Waals surface area (Å²) in [6.45, 7) is 1.82. The van der Waals surface area contributed by atoms with Crippen molar-refractivity contribution in [1.29, 1.82) is 0 Å². The molecule has 0 amide bonds. The summed E-state index contributed by atoms with van der Waals surface area (Å²) in [5, 5.41) is 10.2. The molecule has 8 heteroatoms. The minimum Gasteiger partial charge on any atom is -0.477 e. The predicted octanol–water partition coefficient (Wildman–Crippen LogP) is 1.82. The lowest BCUT2D eigenvalue weighted by molar-refractivity contribution is 0.0702. The molecule has 1 N–H and O–H groups in total. The van der Waals surface area contributed by atoms with E-state index in [0.717, 1.165) is 11.3 Å². The third-order valence-corrected chi connectivity index (χ3v) is 6.32. The largest absolute Gasteiger partial charge is 0.477 e. The molecule has 0 saturated heterocycles. The molecule has 0 aliphatic heterocycles. The first-order valence-electron chi connectivity index (χ1n) is 5.09. The van der Waals surface area contributed by atoms with Crippen LogP contribution in [0.5, 0.6) is 0 Å². The maximum absolute atomic E-state index is 12.2. The first-order valence-corrected chi connectivity index (χ1v) is 8.81. The smallest absolute Gasteiger partial charge is 0.345 e. The number of rotatable bonds is 6. The van der Waals surface area contributed by atoms with E-state index in [-0.39, 0.29) is 15.8 Å². The van der Waals surface area contributed by atoms with E-state index in [2.05, 4.69) is 0 Å². The number of thiophene rings is 1. The van der Waals surface area contributed by atoms with Crippen molar-refractivity contribution in [1.82, 2.24) is 4.31 Å². The number of thioether (sulfide) groups is 1. The summed E-state index contributed by atoms with van der Waals surface area (Å²) in [6, 6.07) is 1.06. The molecule has 18 heavy (non-hydrogen) atoms. The Hall–Kier alpha value is -0.570. The zero-order chi connectivity index (χ0) is 13.9. The summed E-state index contributed by atoms with van der Waals surface area (Å²) >= 11 is 2.48. The van der Waals surface area contributed by atoms with Gasteiger partial charge >= 0.3 is 5.97 Å². The third kappa shape index (κ3) is 3.25. The van der Waals surface area contributed by atoms with Crippen LogP contribution in [0.15, 0.2) is 16.3 Å². The molecule has 0 aromatic carbocycles. The average Bonchev–Trinajstić information content (AvgIpc) is 2.78. The highest BCUT2D eigenvalue weighted by Crippen LogP contribution is 2.23. The molecule has 0 bridgehead atoms. The highest BCUT2D eigenvalue weighted by atomic mass is 32.2. The van der Waals surface area contributed by atoms with Gasteiger partial charge in [0.25, 0.3) is 0 Å². The minimum atomic E-state index is -3.61. The Morgan fingerprint density at radius 2 is 2.22 bits per heavy atom. The summed E-state index contributed by atoms with van der Waals surface area (Å²) in [5.74, 6) is -0.424. The van der Waals surface area contributed by atoms with Gasteiger partial charge in [0.2, 0.25) is 10.0 Å². The van der Waals surface area contributed by atoms with Crippen molar-refractivity contribution < 1.29 is 18.3 Å². The molecule has 1 aromatic heterocycles. The van der Waals surface area contributed by atoms with Crippen LogP contribution in [0.1, 0.15) is 16.6 Å². The van der Waals surface area contributed by atoms with Gasteiger partial charge in [0.15, 0.2) is 0 Å². The highest BCUT2D eigenvalue weighted by Gasteiger charge is 2.26. The summed E-state index contributed by atoms with van der Waals surface area (Å²) in [7, 11) is -2.10. The van der Waals surface area contributed by atoms with Gasteiger partial charge in [-0.3, -0.25) is 0 Å². The van der Waals surface area contributed by atoms with Crippen molar-refractivity contribution >= 4 is 39.1 Å². The molecule has 1 atom stereocenters. The van der Waals surface area contributed by atoms with E-state index in [0.29, 0.717) is 5.75 Å². The van der Waals surface area contributed by atoms with Crippen LogP contribution in [0.25, 0.3) is 0 Å². The van der Waals surface area contributed by atoms with Crippen molar-refractivity contribution in [2.45, 2.75) is 17.9 Å². The number of nitrogens with zero attached hydrogens (tertiary/aromatic N) is 1. The standard InChI is InChI=1S/C10H15NO4S3/c1-7(5-16-3)11(2)18(14,15)8-4-9(10(12)13)17-6-8/h4,6-7H,5H2,1-3H3,(H,12,13). The van der Waals surface area contributed by atoms with E-state index in [1.54, 1.807) is 11.8 Å². The van der Waals surface area contributed by atoms with E-state index in [9.17, 15) is 13.2 Å². The summed E-state index contributed by atoms with van der Waals surface area (Å²) < 4.78 is 25.7. The Morgan fingerprint density at radius 3 is 2.67 bits per heavy atom. The molecule has 102 valence electrons.